The Morgan fingerprint density at radius 3 is 2.68 bits per heavy atom. The molecule has 0 spiro atoms. The number of halogens is 2. The number of pyridine rings is 1. The molecule has 1 fully saturated rings. The third-order valence-electron chi connectivity index (χ3n) is 3.53. The molecule has 102 valence electrons. The van der Waals surface area contributed by atoms with Gasteiger partial charge in [-0.25, -0.2) is 0 Å². The summed E-state index contributed by atoms with van der Waals surface area (Å²) in [6, 6.07) is 6.14. The number of anilines is 1. The predicted molar refractivity (Wildman–Crippen MR) is 83.8 cm³/mol. The molecule has 1 aromatic heterocycles. The fourth-order valence-electron chi connectivity index (χ4n) is 2.50. The average Bonchev–Trinajstić information content (AvgIpc) is 2.43. The molecule has 1 N–H and O–H groups in total. The van der Waals surface area contributed by atoms with E-state index >= 15 is 0 Å². The molecule has 19 heavy (non-hydrogen) atoms. The van der Waals surface area contributed by atoms with Crippen LogP contribution in [0.4, 0.5) is 5.69 Å². The van der Waals surface area contributed by atoms with Crippen LogP contribution in [-0.2, 0) is 0 Å². The van der Waals surface area contributed by atoms with Gasteiger partial charge in [-0.05, 0) is 30.7 Å². The van der Waals surface area contributed by atoms with Gasteiger partial charge in [0, 0.05) is 48.5 Å². The van der Waals surface area contributed by atoms with Crippen molar-refractivity contribution in [3.63, 3.8) is 0 Å². The molecular weight excluding hydrogens is 281 g/mol. The van der Waals surface area contributed by atoms with Gasteiger partial charge in [-0.3, -0.25) is 4.98 Å². The molecule has 2 heterocycles. The molecule has 1 saturated heterocycles. The van der Waals surface area contributed by atoms with Crippen molar-refractivity contribution < 1.29 is 0 Å². The predicted octanol–water partition coefficient (Wildman–Crippen LogP) is 3.03. The first-order chi connectivity index (χ1) is 8.77. The summed E-state index contributed by atoms with van der Waals surface area (Å²) in [7, 11) is 0. The number of hydrogen-bond acceptors (Lipinski definition) is 3. The zero-order valence-electron chi connectivity index (χ0n) is 10.8. The van der Waals surface area contributed by atoms with E-state index in [0.717, 1.165) is 42.3 Å². The number of benzene rings is 1. The van der Waals surface area contributed by atoms with Gasteiger partial charge in [0.05, 0.1) is 5.52 Å². The van der Waals surface area contributed by atoms with Crippen LogP contribution in [0.25, 0.3) is 10.9 Å². The third-order valence-corrected chi connectivity index (χ3v) is 3.94. The van der Waals surface area contributed by atoms with E-state index in [1.165, 1.54) is 11.1 Å². The largest absolute Gasteiger partial charge is 0.368 e. The van der Waals surface area contributed by atoms with Gasteiger partial charge in [0.2, 0.25) is 0 Å². The van der Waals surface area contributed by atoms with Gasteiger partial charge in [0.15, 0.2) is 0 Å². The van der Waals surface area contributed by atoms with E-state index < -0.39 is 0 Å². The Labute approximate surface area is 124 Å². The maximum atomic E-state index is 6.16. The third kappa shape index (κ3) is 2.64. The summed E-state index contributed by atoms with van der Waals surface area (Å²) in [6.07, 6.45) is 1.88. The fraction of sp³-hybridized carbons (Fsp3) is 0.357. The van der Waals surface area contributed by atoms with E-state index in [0.29, 0.717) is 0 Å². The number of aromatic nitrogens is 1. The highest BCUT2D eigenvalue weighted by Crippen LogP contribution is 2.30. The van der Waals surface area contributed by atoms with Gasteiger partial charge < -0.3 is 10.2 Å². The maximum absolute atomic E-state index is 6.16. The lowest BCUT2D eigenvalue weighted by Crippen LogP contribution is -2.43. The molecule has 0 saturated carbocycles. The van der Waals surface area contributed by atoms with Crippen molar-refractivity contribution in [2.24, 2.45) is 0 Å². The minimum Gasteiger partial charge on any atom is -0.368 e. The van der Waals surface area contributed by atoms with Crippen molar-refractivity contribution in [1.29, 1.82) is 0 Å². The van der Waals surface area contributed by atoms with Gasteiger partial charge in [-0.1, -0.05) is 11.6 Å². The quantitative estimate of drug-likeness (QED) is 0.877. The molecule has 2 aromatic rings. The summed E-state index contributed by atoms with van der Waals surface area (Å²) in [5.74, 6) is 0. The lowest BCUT2D eigenvalue weighted by atomic mass is 10.1. The lowest BCUT2D eigenvalue weighted by molar-refractivity contribution is 0.590. The number of rotatable bonds is 1. The second-order valence-electron chi connectivity index (χ2n) is 4.64. The smallest absolute Gasteiger partial charge is 0.0766 e. The van der Waals surface area contributed by atoms with Crippen LogP contribution >= 0.6 is 24.0 Å². The number of aryl methyl sites for hydroxylation is 1. The standard InChI is InChI=1S/C14H16ClN3.ClH/c1-10-12(15)3-2-11-13(4-5-17-14(10)11)18-8-6-16-7-9-18;/h2-5,16H,6-9H2,1H3;1H. The molecule has 1 aromatic carbocycles. The number of hydrogen-bond donors (Lipinski definition) is 1. The molecule has 0 radical (unpaired) electrons. The summed E-state index contributed by atoms with van der Waals surface area (Å²) >= 11 is 6.16. The molecule has 0 unspecified atom stereocenters. The molecule has 1 aliphatic rings. The first-order valence-corrected chi connectivity index (χ1v) is 6.64. The SMILES string of the molecule is Cc1c(Cl)ccc2c(N3CCNCC3)ccnc12.Cl. The molecule has 3 rings (SSSR count). The number of nitrogens with zero attached hydrogens (tertiary/aromatic N) is 2. The zero-order chi connectivity index (χ0) is 12.5. The molecule has 0 amide bonds. The highest BCUT2D eigenvalue weighted by molar-refractivity contribution is 6.32. The minimum atomic E-state index is 0. The van der Waals surface area contributed by atoms with Crippen molar-refractivity contribution in [3.8, 4) is 0 Å². The Morgan fingerprint density at radius 2 is 1.95 bits per heavy atom. The highest BCUT2D eigenvalue weighted by Gasteiger charge is 2.14. The van der Waals surface area contributed by atoms with Gasteiger partial charge in [0.25, 0.3) is 0 Å². The zero-order valence-corrected chi connectivity index (χ0v) is 12.4. The molecular formula is C14H17Cl2N3. The normalized spacial score (nSPS) is 15.4. The van der Waals surface area contributed by atoms with E-state index in [1.807, 2.05) is 19.2 Å². The monoisotopic (exact) mass is 297 g/mol. The second kappa shape index (κ2) is 5.95. The van der Waals surface area contributed by atoms with Crippen molar-refractivity contribution in [2.45, 2.75) is 6.92 Å². The first-order valence-electron chi connectivity index (χ1n) is 6.27. The van der Waals surface area contributed by atoms with Gasteiger partial charge >= 0.3 is 0 Å². The molecule has 1 aliphatic heterocycles. The Bertz CT molecular complexity index is 580. The summed E-state index contributed by atoms with van der Waals surface area (Å²) in [5, 5.41) is 5.35. The van der Waals surface area contributed by atoms with Crippen LogP contribution in [0.15, 0.2) is 24.4 Å². The highest BCUT2D eigenvalue weighted by atomic mass is 35.5. The molecule has 0 bridgehead atoms. The summed E-state index contributed by atoms with van der Waals surface area (Å²) in [4.78, 5) is 6.88. The Hall–Kier alpha value is -1.03. The van der Waals surface area contributed by atoms with E-state index in [4.69, 9.17) is 11.6 Å². The van der Waals surface area contributed by atoms with Crippen molar-refractivity contribution in [3.05, 3.63) is 35.0 Å². The van der Waals surface area contributed by atoms with E-state index in [2.05, 4.69) is 27.3 Å². The van der Waals surface area contributed by atoms with Crippen LogP contribution in [0.3, 0.4) is 0 Å². The molecule has 3 nitrogen and oxygen atoms in total. The van der Waals surface area contributed by atoms with Crippen LogP contribution in [0, 0.1) is 6.92 Å². The van der Waals surface area contributed by atoms with Crippen molar-refractivity contribution in [1.82, 2.24) is 10.3 Å². The van der Waals surface area contributed by atoms with Crippen LogP contribution in [0.5, 0.6) is 0 Å². The Kier molecular flexibility index (Phi) is 4.50. The topological polar surface area (TPSA) is 28.2 Å². The van der Waals surface area contributed by atoms with Crippen LogP contribution < -0.4 is 10.2 Å². The van der Waals surface area contributed by atoms with E-state index in [-0.39, 0.29) is 12.4 Å². The van der Waals surface area contributed by atoms with Gasteiger partial charge in [-0.2, -0.15) is 0 Å². The van der Waals surface area contributed by atoms with Crippen molar-refractivity contribution >= 4 is 40.6 Å². The van der Waals surface area contributed by atoms with Gasteiger partial charge in [-0.15, -0.1) is 12.4 Å². The average molecular weight is 298 g/mol. The maximum Gasteiger partial charge on any atom is 0.0766 e. The van der Waals surface area contributed by atoms with Gasteiger partial charge in [0.1, 0.15) is 0 Å². The van der Waals surface area contributed by atoms with Crippen LogP contribution in [0.2, 0.25) is 5.02 Å². The first kappa shape index (κ1) is 14.4. The lowest BCUT2D eigenvalue weighted by Gasteiger charge is -2.30. The fourth-order valence-corrected chi connectivity index (χ4v) is 2.65. The number of piperazine rings is 1. The Balaban J connectivity index is 0.00000133. The number of fused-ring (bicyclic) bond motifs is 1. The minimum absolute atomic E-state index is 0. The Morgan fingerprint density at radius 1 is 1.21 bits per heavy atom. The summed E-state index contributed by atoms with van der Waals surface area (Å²) in [6.45, 7) is 6.19. The van der Waals surface area contributed by atoms with E-state index in [1.54, 1.807) is 0 Å². The van der Waals surface area contributed by atoms with Crippen LogP contribution in [0.1, 0.15) is 5.56 Å². The molecule has 0 aliphatic carbocycles. The summed E-state index contributed by atoms with van der Waals surface area (Å²) in [5.41, 5.74) is 3.34. The van der Waals surface area contributed by atoms with Crippen LogP contribution in [-0.4, -0.2) is 31.2 Å². The second-order valence-corrected chi connectivity index (χ2v) is 5.04. The summed E-state index contributed by atoms with van der Waals surface area (Å²) < 4.78 is 0. The van der Waals surface area contributed by atoms with E-state index in [9.17, 15) is 0 Å². The number of nitrogens with one attached hydrogen (secondary N) is 1. The molecule has 5 heteroatoms. The molecule has 0 atom stereocenters. The van der Waals surface area contributed by atoms with Crippen molar-refractivity contribution in [2.75, 3.05) is 31.1 Å².